The van der Waals surface area contributed by atoms with E-state index in [1.807, 2.05) is 18.2 Å². The number of para-hydroxylation sites is 1. The lowest BCUT2D eigenvalue weighted by molar-refractivity contribution is -0.156. The Morgan fingerprint density at radius 2 is 1.70 bits per heavy atom. The summed E-state index contributed by atoms with van der Waals surface area (Å²) in [5.74, 6) is -2.39. The van der Waals surface area contributed by atoms with Crippen LogP contribution in [0.15, 0.2) is 30.3 Å². The number of anilines is 1. The third-order valence-electron chi connectivity index (χ3n) is 2.85. The molecule has 0 radical (unpaired) electrons. The smallest absolute Gasteiger partial charge is 0.326 e. The van der Waals surface area contributed by atoms with E-state index in [0.717, 1.165) is 10.6 Å². The standard InChI is InChI=1S/C14H18N2O4/c1-9(15-12-7-5-4-6-8-12)13(18)16(11(3)17)10(2)14(19)20/h4-10,15H,1-3H3,(H,19,20)/t9-,10-/m0/s1. The van der Waals surface area contributed by atoms with Gasteiger partial charge in [0.15, 0.2) is 0 Å². The fourth-order valence-electron chi connectivity index (χ4n) is 1.78. The Kier molecular flexibility index (Phi) is 5.25. The summed E-state index contributed by atoms with van der Waals surface area (Å²) in [4.78, 5) is 35.4. The van der Waals surface area contributed by atoms with Gasteiger partial charge >= 0.3 is 5.97 Å². The lowest BCUT2D eigenvalue weighted by Gasteiger charge is -2.26. The topological polar surface area (TPSA) is 86.7 Å². The molecule has 0 heterocycles. The molecule has 0 saturated carbocycles. The summed E-state index contributed by atoms with van der Waals surface area (Å²) in [6.07, 6.45) is 0. The number of nitrogens with zero attached hydrogens (tertiary/aromatic N) is 1. The second kappa shape index (κ2) is 6.70. The van der Waals surface area contributed by atoms with E-state index in [0.29, 0.717) is 0 Å². The normalized spacial score (nSPS) is 13.2. The van der Waals surface area contributed by atoms with Crippen LogP contribution in [0.5, 0.6) is 0 Å². The highest BCUT2D eigenvalue weighted by Crippen LogP contribution is 2.10. The summed E-state index contributed by atoms with van der Waals surface area (Å²) < 4.78 is 0. The quantitative estimate of drug-likeness (QED) is 0.848. The summed E-state index contributed by atoms with van der Waals surface area (Å²) in [7, 11) is 0. The number of carbonyl (C=O) groups is 3. The number of carboxylic acid groups (broad SMARTS) is 1. The monoisotopic (exact) mass is 278 g/mol. The van der Waals surface area contributed by atoms with E-state index >= 15 is 0 Å². The number of rotatable bonds is 5. The molecule has 1 aromatic carbocycles. The fourth-order valence-corrected chi connectivity index (χ4v) is 1.78. The summed E-state index contributed by atoms with van der Waals surface area (Å²) in [6, 6.07) is 7.12. The maximum Gasteiger partial charge on any atom is 0.326 e. The van der Waals surface area contributed by atoms with Crippen LogP contribution in [0.1, 0.15) is 20.8 Å². The highest BCUT2D eigenvalue weighted by molar-refractivity contribution is 6.01. The fraction of sp³-hybridized carbons (Fsp3) is 0.357. The highest BCUT2D eigenvalue weighted by atomic mass is 16.4. The predicted octanol–water partition coefficient (Wildman–Crippen LogP) is 1.34. The van der Waals surface area contributed by atoms with Crippen molar-refractivity contribution in [2.75, 3.05) is 5.32 Å². The van der Waals surface area contributed by atoms with Crippen LogP contribution in [0.3, 0.4) is 0 Å². The summed E-state index contributed by atoms with van der Waals surface area (Å²) in [6.45, 7) is 4.06. The first kappa shape index (κ1) is 15.7. The Bertz CT molecular complexity index is 501. The van der Waals surface area contributed by atoms with E-state index in [2.05, 4.69) is 5.32 Å². The highest BCUT2D eigenvalue weighted by Gasteiger charge is 2.31. The van der Waals surface area contributed by atoms with E-state index in [9.17, 15) is 14.4 Å². The van der Waals surface area contributed by atoms with Gasteiger partial charge in [0.1, 0.15) is 12.1 Å². The molecule has 1 rings (SSSR count). The van der Waals surface area contributed by atoms with Crippen molar-refractivity contribution in [2.45, 2.75) is 32.9 Å². The van der Waals surface area contributed by atoms with E-state index in [-0.39, 0.29) is 0 Å². The Balaban J connectivity index is 2.84. The minimum atomic E-state index is -1.22. The molecule has 0 saturated heterocycles. The third-order valence-corrected chi connectivity index (χ3v) is 2.85. The minimum Gasteiger partial charge on any atom is -0.480 e. The lowest BCUT2D eigenvalue weighted by atomic mass is 10.2. The second-order valence-corrected chi connectivity index (χ2v) is 4.47. The molecule has 2 N–H and O–H groups in total. The van der Waals surface area contributed by atoms with Gasteiger partial charge in [0.05, 0.1) is 0 Å². The first-order chi connectivity index (χ1) is 9.34. The van der Waals surface area contributed by atoms with Crippen LogP contribution < -0.4 is 5.32 Å². The van der Waals surface area contributed by atoms with Crippen molar-refractivity contribution >= 4 is 23.5 Å². The lowest BCUT2D eigenvalue weighted by Crippen LogP contribution is -2.51. The molecule has 0 spiro atoms. The van der Waals surface area contributed by atoms with Crippen LogP contribution >= 0.6 is 0 Å². The number of hydrogen-bond donors (Lipinski definition) is 2. The SMILES string of the molecule is CC(=O)N(C(=O)[C@H](C)Nc1ccccc1)[C@@H](C)C(=O)O. The van der Waals surface area contributed by atoms with E-state index in [1.165, 1.54) is 13.8 Å². The second-order valence-electron chi connectivity index (χ2n) is 4.47. The zero-order valence-corrected chi connectivity index (χ0v) is 11.7. The third kappa shape index (κ3) is 3.81. The number of amides is 2. The van der Waals surface area contributed by atoms with Gasteiger partial charge in [-0.2, -0.15) is 0 Å². The van der Waals surface area contributed by atoms with Crippen molar-refractivity contribution in [3.05, 3.63) is 30.3 Å². The average Bonchev–Trinajstić information content (AvgIpc) is 2.39. The summed E-state index contributed by atoms with van der Waals surface area (Å²) in [5, 5.41) is 11.9. The van der Waals surface area contributed by atoms with Gasteiger partial charge in [-0.3, -0.25) is 14.5 Å². The molecular weight excluding hydrogens is 260 g/mol. The van der Waals surface area contributed by atoms with E-state index < -0.39 is 29.9 Å². The van der Waals surface area contributed by atoms with Crippen LogP contribution in [-0.4, -0.2) is 39.9 Å². The molecule has 0 bridgehead atoms. The van der Waals surface area contributed by atoms with Crippen molar-refractivity contribution in [2.24, 2.45) is 0 Å². The van der Waals surface area contributed by atoms with Crippen LogP contribution in [0.4, 0.5) is 5.69 Å². The molecule has 108 valence electrons. The number of benzene rings is 1. The number of imide groups is 1. The first-order valence-corrected chi connectivity index (χ1v) is 6.22. The molecule has 20 heavy (non-hydrogen) atoms. The number of carboxylic acids is 1. The zero-order chi connectivity index (χ0) is 15.3. The number of aliphatic carboxylic acids is 1. The molecule has 0 aliphatic rings. The van der Waals surface area contributed by atoms with Gasteiger partial charge in [0, 0.05) is 12.6 Å². The molecule has 0 fully saturated rings. The largest absolute Gasteiger partial charge is 0.480 e. The molecule has 0 aliphatic heterocycles. The maximum atomic E-state index is 12.2. The van der Waals surface area contributed by atoms with Crippen LogP contribution in [0.25, 0.3) is 0 Å². The van der Waals surface area contributed by atoms with Gasteiger partial charge in [-0.15, -0.1) is 0 Å². The van der Waals surface area contributed by atoms with Crippen LogP contribution in [-0.2, 0) is 14.4 Å². The maximum absolute atomic E-state index is 12.2. The van der Waals surface area contributed by atoms with Gasteiger partial charge in [-0.05, 0) is 26.0 Å². The Morgan fingerprint density at radius 3 is 2.15 bits per heavy atom. The molecule has 0 aliphatic carbocycles. The zero-order valence-electron chi connectivity index (χ0n) is 11.7. The van der Waals surface area contributed by atoms with Gasteiger partial charge in [-0.1, -0.05) is 18.2 Å². The van der Waals surface area contributed by atoms with Crippen molar-refractivity contribution in [3.8, 4) is 0 Å². The molecule has 2 atom stereocenters. The minimum absolute atomic E-state index is 0.573. The predicted molar refractivity (Wildman–Crippen MR) is 74.2 cm³/mol. The Hall–Kier alpha value is -2.37. The number of carbonyl (C=O) groups excluding carboxylic acids is 2. The van der Waals surface area contributed by atoms with Crippen molar-refractivity contribution in [1.29, 1.82) is 0 Å². The van der Waals surface area contributed by atoms with Gasteiger partial charge in [-0.25, -0.2) is 4.79 Å². The first-order valence-electron chi connectivity index (χ1n) is 6.22. The van der Waals surface area contributed by atoms with Crippen LogP contribution in [0.2, 0.25) is 0 Å². The summed E-state index contributed by atoms with van der Waals surface area (Å²) >= 11 is 0. The number of hydrogen-bond acceptors (Lipinski definition) is 4. The van der Waals surface area contributed by atoms with Crippen molar-refractivity contribution in [3.63, 3.8) is 0 Å². The number of nitrogens with one attached hydrogen (secondary N) is 1. The Labute approximate surface area is 117 Å². The Morgan fingerprint density at radius 1 is 1.15 bits per heavy atom. The average molecular weight is 278 g/mol. The van der Waals surface area contributed by atoms with Crippen molar-refractivity contribution in [1.82, 2.24) is 4.90 Å². The van der Waals surface area contributed by atoms with Gasteiger partial charge < -0.3 is 10.4 Å². The van der Waals surface area contributed by atoms with Gasteiger partial charge in [0.2, 0.25) is 5.91 Å². The van der Waals surface area contributed by atoms with E-state index in [4.69, 9.17) is 5.11 Å². The molecule has 0 unspecified atom stereocenters. The van der Waals surface area contributed by atoms with Crippen LogP contribution in [0, 0.1) is 0 Å². The molecule has 6 nitrogen and oxygen atoms in total. The molecular formula is C14H18N2O4. The molecule has 6 heteroatoms. The van der Waals surface area contributed by atoms with Gasteiger partial charge in [0.25, 0.3) is 5.91 Å². The molecule has 0 aromatic heterocycles. The molecule has 2 amide bonds. The molecule has 1 aromatic rings. The summed E-state index contributed by atoms with van der Waals surface area (Å²) in [5.41, 5.74) is 0.722. The van der Waals surface area contributed by atoms with E-state index in [1.54, 1.807) is 19.1 Å². The van der Waals surface area contributed by atoms with Crippen molar-refractivity contribution < 1.29 is 19.5 Å².